The Morgan fingerprint density at radius 2 is 1.48 bits per heavy atom. The highest BCUT2D eigenvalue weighted by atomic mass is 79.9. The summed E-state index contributed by atoms with van der Waals surface area (Å²) in [4.78, 5) is 0.237. The van der Waals surface area contributed by atoms with Crippen molar-refractivity contribution < 1.29 is 8.42 Å². The Balaban J connectivity index is 2.62. The molecule has 1 aliphatic rings. The minimum atomic E-state index is -3.70. The second-order valence-corrected chi connectivity index (χ2v) is 13.0. The minimum Gasteiger partial charge on any atom is -0.199 e. The van der Waals surface area contributed by atoms with Crippen LogP contribution in [0.25, 0.3) is 0 Å². The SMILES string of the molecule is Cc1ccc(S(=O)(=O)N=S2C=C(C(C)(C)C)C(C(C)(C)C)=C2Br)cc1. The maximum Gasteiger partial charge on any atom is 0.288 e. The molecule has 6 heteroatoms. The molecule has 1 aliphatic heterocycles. The van der Waals surface area contributed by atoms with Crippen LogP contribution in [0.1, 0.15) is 47.1 Å². The number of hydrogen-bond donors (Lipinski definition) is 0. The van der Waals surface area contributed by atoms with Crippen LogP contribution in [0.5, 0.6) is 0 Å². The van der Waals surface area contributed by atoms with Crippen LogP contribution >= 0.6 is 15.9 Å². The van der Waals surface area contributed by atoms with E-state index in [1.807, 2.05) is 12.3 Å². The van der Waals surface area contributed by atoms with Gasteiger partial charge in [-0.1, -0.05) is 59.2 Å². The Morgan fingerprint density at radius 3 is 1.88 bits per heavy atom. The number of sulfonamides is 1. The topological polar surface area (TPSA) is 46.5 Å². The fraction of sp³-hybridized carbons (Fsp3) is 0.474. The van der Waals surface area contributed by atoms with Crippen LogP contribution in [0.2, 0.25) is 0 Å². The number of nitrogens with zero attached hydrogens (tertiary/aromatic N) is 1. The summed E-state index contributed by atoms with van der Waals surface area (Å²) in [5.74, 6) is 0. The van der Waals surface area contributed by atoms with Gasteiger partial charge < -0.3 is 0 Å². The van der Waals surface area contributed by atoms with Crippen molar-refractivity contribution >= 4 is 36.6 Å². The molecule has 0 bridgehead atoms. The fourth-order valence-electron chi connectivity index (χ4n) is 2.60. The molecule has 3 nitrogen and oxygen atoms in total. The van der Waals surface area contributed by atoms with E-state index >= 15 is 0 Å². The lowest BCUT2D eigenvalue weighted by Gasteiger charge is -2.30. The van der Waals surface area contributed by atoms with Crippen molar-refractivity contribution in [2.45, 2.75) is 53.4 Å². The Bertz CT molecular complexity index is 879. The lowest BCUT2D eigenvalue weighted by atomic mass is 9.74. The second kappa shape index (κ2) is 6.78. The first-order chi connectivity index (χ1) is 11.2. The van der Waals surface area contributed by atoms with Gasteiger partial charge in [-0.3, -0.25) is 0 Å². The molecule has 1 heterocycles. The molecule has 0 saturated carbocycles. The van der Waals surface area contributed by atoms with Gasteiger partial charge in [0.25, 0.3) is 10.0 Å². The zero-order chi connectivity index (χ0) is 19.2. The Kier molecular flexibility index (Phi) is 5.59. The first-order valence-corrected chi connectivity index (χ1v) is 11.6. The molecule has 0 radical (unpaired) electrons. The summed E-state index contributed by atoms with van der Waals surface area (Å²) in [6.45, 7) is 14.8. The lowest BCUT2D eigenvalue weighted by Crippen LogP contribution is -2.19. The molecule has 0 N–H and O–H groups in total. The van der Waals surface area contributed by atoms with Crippen LogP contribution in [0.3, 0.4) is 0 Å². The van der Waals surface area contributed by atoms with E-state index in [-0.39, 0.29) is 15.7 Å². The highest BCUT2D eigenvalue weighted by Crippen LogP contribution is 2.49. The van der Waals surface area contributed by atoms with Crippen LogP contribution in [0.15, 0.2) is 53.3 Å². The van der Waals surface area contributed by atoms with E-state index in [4.69, 9.17) is 0 Å². The molecule has 138 valence electrons. The van der Waals surface area contributed by atoms with Crippen LogP contribution in [0.4, 0.5) is 0 Å². The average molecular weight is 444 g/mol. The standard InChI is InChI=1S/C19H26BrNO2S2/c1-13-8-10-14(11-9-13)25(22,23)21-24-12-15(18(2,3)4)16(17(24)20)19(5,6)7/h8-12H,1-7H3. The molecule has 0 saturated heterocycles. The van der Waals surface area contributed by atoms with E-state index in [1.54, 1.807) is 24.3 Å². The van der Waals surface area contributed by atoms with E-state index in [0.717, 1.165) is 20.5 Å². The third kappa shape index (κ3) is 4.52. The molecule has 1 aromatic rings. The third-order valence-corrected chi connectivity index (χ3v) is 8.65. The number of allylic oxidation sites excluding steroid dienone is 2. The van der Waals surface area contributed by atoms with Gasteiger partial charge in [0.05, 0.1) is 8.71 Å². The van der Waals surface area contributed by atoms with Crippen molar-refractivity contribution in [1.29, 1.82) is 0 Å². The summed E-state index contributed by atoms with van der Waals surface area (Å²) in [6, 6.07) is 6.82. The molecular weight excluding hydrogens is 418 g/mol. The smallest absolute Gasteiger partial charge is 0.199 e. The normalized spacial score (nSPS) is 19.5. The van der Waals surface area contributed by atoms with E-state index < -0.39 is 20.7 Å². The monoisotopic (exact) mass is 443 g/mol. The highest BCUT2D eigenvalue weighted by molar-refractivity contribution is 9.13. The molecule has 1 atom stereocenters. The third-order valence-electron chi connectivity index (χ3n) is 3.93. The van der Waals surface area contributed by atoms with Gasteiger partial charge in [-0.2, -0.15) is 8.42 Å². The zero-order valence-electron chi connectivity index (χ0n) is 15.8. The summed E-state index contributed by atoms with van der Waals surface area (Å²) in [5, 5.41) is 2.01. The zero-order valence-corrected chi connectivity index (χ0v) is 19.1. The van der Waals surface area contributed by atoms with Gasteiger partial charge in [0.15, 0.2) is 0 Å². The van der Waals surface area contributed by atoms with Crippen LogP contribution in [-0.4, -0.2) is 8.42 Å². The summed E-state index contributed by atoms with van der Waals surface area (Å²) < 4.78 is 30.6. The van der Waals surface area contributed by atoms with Crippen molar-refractivity contribution in [3.63, 3.8) is 0 Å². The average Bonchev–Trinajstić information content (AvgIpc) is 2.76. The summed E-state index contributed by atoms with van der Waals surface area (Å²) in [6.07, 6.45) is 0. The second-order valence-electron chi connectivity index (χ2n) is 8.36. The summed E-state index contributed by atoms with van der Waals surface area (Å²) in [7, 11) is -4.53. The quantitative estimate of drug-likeness (QED) is 0.555. The predicted molar refractivity (Wildman–Crippen MR) is 111 cm³/mol. The first-order valence-electron chi connectivity index (χ1n) is 8.14. The van der Waals surface area contributed by atoms with Gasteiger partial charge in [-0.25, -0.2) is 0 Å². The van der Waals surface area contributed by atoms with Gasteiger partial charge in [-0.05, 0) is 73.1 Å². The van der Waals surface area contributed by atoms with Gasteiger partial charge in [-0.15, -0.1) is 3.77 Å². The van der Waals surface area contributed by atoms with Crippen molar-refractivity contribution in [1.82, 2.24) is 0 Å². The van der Waals surface area contributed by atoms with Gasteiger partial charge >= 0.3 is 0 Å². The summed E-state index contributed by atoms with van der Waals surface area (Å²) in [5.41, 5.74) is 3.17. The number of aryl methyl sites for hydroxylation is 1. The summed E-state index contributed by atoms with van der Waals surface area (Å²) >= 11 is 3.66. The number of benzene rings is 1. The van der Waals surface area contributed by atoms with Crippen molar-refractivity contribution in [3.8, 4) is 0 Å². The molecule has 2 rings (SSSR count). The Labute approximate surface area is 162 Å². The number of halogens is 1. The molecule has 0 aromatic heterocycles. The molecule has 25 heavy (non-hydrogen) atoms. The fourth-order valence-corrected chi connectivity index (χ4v) is 7.74. The van der Waals surface area contributed by atoms with E-state index in [2.05, 4.69) is 61.2 Å². The Morgan fingerprint density at radius 1 is 0.960 bits per heavy atom. The molecule has 0 aliphatic carbocycles. The molecule has 0 fully saturated rings. The molecule has 1 aromatic carbocycles. The van der Waals surface area contributed by atoms with Crippen LogP contribution in [-0.2, 0) is 20.7 Å². The van der Waals surface area contributed by atoms with Gasteiger partial charge in [0.2, 0.25) is 0 Å². The van der Waals surface area contributed by atoms with E-state index in [9.17, 15) is 8.42 Å². The maximum absolute atomic E-state index is 12.7. The van der Waals surface area contributed by atoms with Crippen molar-refractivity contribution in [2.24, 2.45) is 14.6 Å². The van der Waals surface area contributed by atoms with Gasteiger partial charge in [0.1, 0.15) is 0 Å². The largest absolute Gasteiger partial charge is 0.288 e. The van der Waals surface area contributed by atoms with E-state index in [0.29, 0.717) is 0 Å². The highest BCUT2D eigenvalue weighted by Gasteiger charge is 2.36. The molecule has 1 unspecified atom stereocenters. The first kappa shape index (κ1) is 20.6. The number of hydrogen-bond acceptors (Lipinski definition) is 2. The van der Waals surface area contributed by atoms with Gasteiger partial charge in [0, 0.05) is 0 Å². The molecular formula is C19H26BrNO2S2. The van der Waals surface area contributed by atoms with Crippen molar-refractivity contribution in [2.75, 3.05) is 0 Å². The van der Waals surface area contributed by atoms with Crippen LogP contribution in [0, 0.1) is 17.8 Å². The lowest BCUT2D eigenvalue weighted by molar-refractivity contribution is 0.448. The van der Waals surface area contributed by atoms with E-state index in [1.165, 1.54) is 0 Å². The molecule has 0 spiro atoms. The predicted octanol–water partition coefficient (Wildman–Crippen LogP) is 6.08. The maximum atomic E-state index is 12.7. The Hall–Kier alpha value is -0.720. The number of rotatable bonds is 2. The molecule has 0 amide bonds. The van der Waals surface area contributed by atoms with Crippen LogP contribution < -0.4 is 0 Å². The minimum absolute atomic E-state index is 0.0769. The van der Waals surface area contributed by atoms with Crippen molar-refractivity contribution in [3.05, 3.63) is 50.2 Å².